The lowest BCUT2D eigenvalue weighted by Gasteiger charge is -2.27. The Morgan fingerprint density at radius 3 is 2.15 bits per heavy atom. The Kier molecular flexibility index (Phi) is 4.02. The molecule has 0 heterocycles. The second-order valence-corrected chi connectivity index (χ2v) is 4.71. The van der Waals surface area contributed by atoms with E-state index in [-0.39, 0.29) is 0 Å². The van der Waals surface area contributed by atoms with Gasteiger partial charge in [0.2, 0.25) is 0 Å². The van der Waals surface area contributed by atoms with Gasteiger partial charge in [0.05, 0.1) is 0 Å². The lowest BCUT2D eigenvalue weighted by atomic mass is 9.78. The highest BCUT2D eigenvalue weighted by Crippen LogP contribution is 2.35. The van der Waals surface area contributed by atoms with Crippen molar-refractivity contribution in [3.63, 3.8) is 0 Å². The van der Waals surface area contributed by atoms with E-state index in [1.165, 1.54) is 25.7 Å². The van der Waals surface area contributed by atoms with Gasteiger partial charge in [-0.05, 0) is 30.6 Å². The molecule has 3 atom stereocenters. The van der Waals surface area contributed by atoms with Crippen molar-refractivity contribution in [3.8, 4) is 0 Å². The molecule has 1 aliphatic carbocycles. The van der Waals surface area contributed by atoms with Gasteiger partial charge in [0, 0.05) is 0 Å². The van der Waals surface area contributed by atoms with Crippen molar-refractivity contribution in [1.82, 2.24) is 0 Å². The highest BCUT2D eigenvalue weighted by atomic mass is 14.3. The predicted octanol–water partition coefficient (Wildman–Crippen LogP) is 4.42. The van der Waals surface area contributed by atoms with Crippen LogP contribution in [0.4, 0.5) is 0 Å². The molecule has 0 aliphatic heterocycles. The zero-order chi connectivity index (χ0) is 9.84. The molecule has 0 nitrogen and oxygen atoms in total. The average Bonchev–Trinajstić information content (AvgIpc) is 2.89. The van der Waals surface area contributed by atoms with E-state index in [9.17, 15) is 0 Å². The predicted molar refractivity (Wildman–Crippen MR) is 59.7 cm³/mol. The zero-order valence-corrected chi connectivity index (χ0v) is 9.64. The monoisotopic (exact) mass is 180 g/mol. The third-order valence-electron chi connectivity index (χ3n) is 3.65. The largest absolute Gasteiger partial charge is 0.0809 e. The summed E-state index contributed by atoms with van der Waals surface area (Å²) in [5.74, 6) is 2.74. The zero-order valence-electron chi connectivity index (χ0n) is 9.64. The van der Waals surface area contributed by atoms with Gasteiger partial charge in [-0.15, -0.1) is 0 Å². The van der Waals surface area contributed by atoms with Gasteiger partial charge in [0.25, 0.3) is 0 Å². The van der Waals surface area contributed by atoms with E-state index >= 15 is 0 Å². The lowest BCUT2D eigenvalue weighted by molar-refractivity contribution is 0.240. The van der Waals surface area contributed by atoms with Gasteiger partial charge in [-0.25, -0.2) is 0 Å². The maximum Gasteiger partial charge on any atom is -0.0136 e. The summed E-state index contributed by atoms with van der Waals surface area (Å²) in [7, 11) is 0. The first-order valence-electron chi connectivity index (χ1n) is 5.86. The molecule has 0 aromatic rings. The fourth-order valence-corrected chi connectivity index (χ4v) is 2.47. The molecule has 1 aliphatic rings. The Morgan fingerprint density at radius 2 is 1.77 bits per heavy atom. The molecule has 0 saturated heterocycles. The molecule has 0 heteroatoms. The summed E-state index contributed by atoms with van der Waals surface area (Å²) in [4.78, 5) is 0. The maximum atomic E-state index is 2.43. The molecule has 1 rings (SSSR count). The van der Waals surface area contributed by atoms with Crippen LogP contribution in [-0.4, -0.2) is 0 Å². The summed E-state index contributed by atoms with van der Waals surface area (Å²) in [6.07, 6.45) is 7.73. The van der Waals surface area contributed by atoms with E-state index in [4.69, 9.17) is 0 Å². The SMILES string of the molecule is CCC(C)C(CC)C(C)CC1=CC1. The van der Waals surface area contributed by atoms with Crippen molar-refractivity contribution >= 4 is 0 Å². The fraction of sp³-hybridized carbons (Fsp3) is 0.846. The third-order valence-corrected chi connectivity index (χ3v) is 3.65. The Morgan fingerprint density at radius 1 is 1.15 bits per heavy atom. The summed E-state index contributed by atoms with van der Waals surface area (Å²) in [5.41, 5.74) is 1.70. The van der Waals surface area contributed by atoms with Crippen LogP contribution in [0.15, 0.2) is 11.6 Å². The first-order chi connectivity index (χ1) is 6.19. The summed E-state index contributed by atoms with van der Waals surface area (Å²) < 4.78 is 0. The second kappa shape index (κ2) is 4.83. The van der Waals surface area contributed by atoms with Gasteiger partial charge < -0.3 is 0 Å². The fourth-order valence-electron chi connectivity index (χ4n) is 2.47. The maximum absolute atomic E-state index is 2.43. The van der Waals surface area contributed by atoms with Crippen LogP contribution in [0.2, 0.25) is 0 Å². The van der Waals surface area contributed by atoms with E-state index < -0.39 is 0 Å². The lowest BCUT2D eigenvalue weighted by Crippen LogP contribution is -2.18. The minimum atomic E-state index is 0.897. The molecule has 0 aromatic carbocycles. The molecule has 0 aromatic heterocycles. The van der Waals surface area contributed by atoms with Crippen LogP contribution in [0.1, 0.15) is 53.4 Å². The summed E-state index contributed by atoms with van der Waals surface area (Å²) >= 11 is 0. The van der Waals surface area contributed by atoms with Crippen molar-refractivity contribution in [2.24, 2.45) is 17.8 Å². The topological polar surface area (TPSA) is 0 Å². The third kappa shape index (κ3) is 3.17. The van der Waals surface area contributed by atoms with Crippen LogP contribution in [0.5, 0.6) is 0 Å². The van der Waals surface area contributed by atoms with E-state index in [0.29, 0.717) is 0 Å². The average molecular weight is 180 g/mol. The van der Waals surface area contributed by atoms with E-state index in [2.05, 4.69) is 33.8 Å². The second-order valence-electron chi connectivity index (χ2n) is 4.71. The van der Waals surface area contributed by atoms with Gasteiger partial charge in [-0.3, -0.25) is 0 Å². The Bertz CT molecular complexity index is 178. The van der Waals surface area contributed by atoms with Crippen LogP contribution in [0, 0.1) is 17.8 Å². The van der Waals surface area contributed by atoms with E-state index in [0.717, 1.165) is 17.8 Å². The first-order valence-corrected chi connectivity index (χ1v) is 5.86. The highest BCUT2D eigenvalue weighted by Gasteiger charge is 2.23. The van der Waals surface area contributed by atoms with Gasteiger partial charge in [-0.2, -0.15) is 0 Å². The molecule has 0 spiro atoms. The molecule has 76 valence electrons. The number of allylic oxidation sites excluding steroid dienone is 2. The summed E-state index contributed by atoms with van der Waals surface area (Å²) in [5, 5.41) is 0. The van der Waals surface area contributed by atoms with E-state index in [1.54, 1.807) is 5.57 Å². The molecule has 0 amide bonds. The van der Waals surface area contributed by atoms with E-state index in [1.807, 2.05) is 0 Å². The normalized spacial score (nSPS) is 22.0. The van der Waals surface area contributed by atoms with Crippen molar-refractivity contribution in [2.45, 2.75) is 53.4 Å². The van der Waals surface area contributed by atoms with Crippen molar-refractivity contribution in [2.75, 3.05) is 0 Å². The van der Waals surface area contributed by atoms with Gasteiger partial charge in [0.1, 0.15) is 0 Å². The van der Waals surface area contributed by atoms with Crippen LogP contribution in [0.25, 0.3) is 0 Å². The first kappa shape index (κ1) is 10.8. The van der Waals surface area contributed by atoms with Gasteiger partial charge >= 0.3 is 0 Å². The van der Waals surface area contributed by atoms with Crippen molar-refractivity contribution < 1.29 is 0 Å². The smallest absolute Gasteiger partial charge is 0.0136 e. The molecule has 3 unspecified atom stereocenters. The molecule has 0 bridgehead atoms. The number of hydrogen-bond acceptors (Lipinski definition) is 0. The minimum Gasteiger partial charge on any atom is -0.0809 e. The Labute approximate surface area is 83.4 Å². The van der Waals surface area contributed by atoms with Crippen LogP contribution in [-0.2, 0) is 0 Å². The number of rotatable bonds is 6. The Balaban J connectivity index is 2.38. The molecule has 0 saturated carbocycles. The highest BCUT2D eigenvalue weighted by molar-refractivity contribution is 5.21. The van der Waals surface area contributed by atoms with Crippen molar-refractivity contribution in [1.29, 1.82) is 0 Å². The van der Waals surface area contributed by atoms with Crippen LogP contribution >= 0.6 is 0 Å². The molecular formula is C13H24. The van der Waals surface area contributed by atoms with Crippen molar-refractivity contribution in [3.05, 3.63) is 11.6 Å². The molecule has 0 N–H and O–H groups in total. The molecule has 13 heavy (non-hydrogen) atoms. The number of hydrogen-bond donors (Lipinski definition) is 0. The Hall–Kier alpha value is -0.260. The van der Waals surface area contributed by atoms with Crippen LogP contribution in [0.3, 0.4) is 0 Å². The molecular weight excluding hydrogens is 156 g/mol. The molecule has 0 radical (unpaired) electrons. The summed E-state index contributed by atoms with van der Waals surface area (Å²) in [6, 6.07) is 0. The standard InChI is InChI=1S/C13H24/c1-5-10(3)13(6-2)11(4)9-12-7-8-12/h7,10-11,13H,5-6,8-9H2,1-4H3. The minimum absolute atomic E-state index is 0.897. The van der Waals surface area contributed by atoms with Gasteiger partial charge in [-0.1, -0.05) is 52.2 Å². The summed E-state index contributed by atoms with van der Waals surface area (Å²) in [6.45, 7) is 9.50. The van der Waals surface area contributed by atoms with Gasteiger partial charge in [0.15, 0.2) is 0 Å². The quantitative estimate of drug-likeness (QED) is 0.531. The molecule has 0 fully saturated rings. The van der Waals surface area contributed by atoms with Crippen LogP contribution < -0.4 is 0 Å².